The van der Waals surface area contributed by atoms with Gasteiger partial charge in [0.15, 0.2) is 0 Å². The number of morpholine rings is 1. The van der Waals surface area contributed by atoms with Crippen LogP contribution in [0.25, 0.3) is 0 Å². The van der Waals surface area contributed by atoms with Crippen molar-refractivity contribution in [1.82, 2.24) is 21.1 Å². The van der Waals surface area contributed by atoms with E-state index in [4.69, 9.17) is 9.73 Å². The molecule has 3 aliphatic rings. The van der Waals surface area contributed by atoms with E-state index in [1.54, 1.807) is 11.3 Å². The number of hydrazine groups is 1. The average molecular weight is 465 g/mol. The molecule has 0 bridgehead atoms. The Kier molecular flexibility index (Phi) is 7.37. The first-order valence-corrected chi connectivity index (χ1v) is 12.6. The summed E-state index contributed by atoms with van der Waals surface area (Å²) in [5.41, 5.74) is 10.3. The molecule has 4 heterocycles. The molecular formula is C25H32N6OS. The summed E-state index contributed by atoms with van der Waals surface area (Å²) in [4.78, 5) is 8.68. The second-order valence-corrected chi connectivity index (χ2v) is 9.46. The van der Waals surface area contributed by atoms with Crippen LogP contribution in [0.2, 0.25) is 0 Å². The highest BCUT2D eigenvalue weighted by Crippen LogP contribution is 2.29. The maximum Gasteiger partial charge on any atom is 0.147 e. The molecule has 174 valence electrons. The number of benzene rings is 1. The van der Waals surface area contributed by atoms with E-state index in [2.05, 4.69) is 80.3 Å². The van der Waals surface area contributed by atoms with Crippen LogP contribution < -0.4 is 21.5 Å². The Bertz CT molecular complexity index is 1010. The molecule has 5 rings (SSSR count). The summed E-state index contributed by atoms with van der Waals surface area (Å²) < 4.78 is 5.44. The number of thiophene rings is 1. The summed E-state index contributed by atoms with van der Waals surface area (Å²) >= 11 is 1.78. The van der Waals surface area contributed by atoms with Crippen LogP contribution in [0.4, 0.5) is 5.69 Å². The third-order valence-corrected chi connectivity index (χ3v) is 7.00. The number of fused-ring (bicyclic) bond motifs is 1. The molecule has 1 aromatic heterocycles. The molecule has 7 nitrogen and oxygen atoms in total. The molecule has 0 saturated carbocycles. The fraction of sp³-hybridized carbons (Fsp3) is 0.400. The van der Waals surface area contributed by atoms with E-state index in [1.165, 1.54) is 16.0 Å². The summed E-state index contributed by atoms with van der Waals surface area (Å²) in [5.74, 6) is 1.85. The van der Waals surface area contributed by atoms with Gasteiger partial charge in [-0.05, 0) is 48.1 Å². The van der Waals surface area contributed by atoms with Crippen LogP contribution in [-0.4, -0.2) is 50.1 Å². The Morgan fingerprint density at radius 2 is 2.00 bits per heavy atom. The zero-order valence-electron chi connectivity index (χ0n) is 18.8. The summed E-state index contributed by atoms with van der Waals surface area (Å²) in [6.07, 6.45) is 6.49. The topological polar surface area (TPSA) is 73.0 Å². The molecule has 2 aromatic rings. The minimum atomic E-state index is 0.0833. The fourth-order valence-electron chi connectivity index (χ4n) is 4.33. The van der Waals surface area contributed by atoms with Gasteiger partial charge in [-0.2, -0.15) is 0 Å². The third-order valence-electron chi connectivity index (χ3n) is 6.12. The minimum absolute atomic E-state index is 0.0833. The molecule has 2 fully saturated rings. The van der Waals surface area contributed by atoms with Gasteiger partial charge in [0.2, 0.25) is 0 Å². The van der Waals surface area contributed by atoms with Gasteiger partial charge < -0.3 is 20.8 Å². The molecule has 33 heavy (non-hydrogen) atoms. The first-order valence-electron chi connectivity index (χ1n) is 11.8. The van der Waals surface area contributed by atoms with Crippen LogP contribution >= 0.6 is 11.3 Å². The van der Waals surface area contributed by atoms with Gasteiger partial charge in [0, 0.05) is 48.9 Å². The van der Waals surface area contributed by atoms with Crippen molar-refractivity contribution in [2.75, 3.05) is 44.7 Å². The highest BCUT2D eigenvalue weighted by atomic mass is 32.1. The lowest BCUT2D eigenvalue weighted by molar-refractivity contribution is 0.0387. The van der Waals surface area contributed by atoms with Crippen molar-refractivity contribution >= 4 is 22.9 Å². The van der Waals surface area contributed by atoms with Crippen molar-refractivity contribution in [2.24, 2.45) is 4.99 Å². The van der Waals surface area contributed by atoms with Crippen molar-refractivity contribution in [3.63, 3.8) is 0 Å². The van der Waals surface area contributed by atoms with Crippen molar-refractivity contribution in [3.05, 3.63) is 75.8 Å². The van der Waals surface area contributed by atoms with Crippen LogP contribution in [0.1, 0.15) is 29.3 Å². The number of aliphatic imine (C=N–C) groups is 1. The van der Waals surface area contributed by atoms with Crippen LogP contribution in [-0.2, 0) is 11.3 Å². The van der Waals surface area contributed by atoms with Gasteiger partial charge in [-0.3, -0.25) is 4.90 Å². The average Bonchev–Trinajstić information content (AvgIpc) is 3.49. The van der Waals surface area contributed by atoms with Crippen LogP contribution in [0.3, 0.4) is 0 Å². The smallest absolute Gasteiger partial charge is 0.147 e. The Balaban J connectivity index is 1.22. The Labute approximate surface area is 199 Å². The summed E-state index contributed by atoms with van der Waals surface area (Å²) in [7, 11) is 0. The van der Waals surface area contributed by atoms with Crippen molar-refractivity contribution in [2.45, 2.75) is 25.4 Å². The Hall–Kier alpha value is -2.65. The number of hydrogen-bond acceptors (Lipinski definition) is 8. The van der Waals surface area contributed by atoms with E-state index < -0.39 is 0 Å². The zero-order valence-corrected chi connectivity index (χ0v) is 19.7. The molecule has 0 spiro atoms. The molecule has 0 aliphatic carbocycles. The van der Waals surface area contributed by atoms with E-state index in [0.29, 0.717) is 0 Å². The quantitative estimate of drug-likeness (QED) is 0.480. The molecule has 0 radical (unpaired) electrons. The normalized spacial score (nSPS) is 21.1. The second-order valence-electron chi connectivity index (χ2n) is 8.43. The number of nitrogens with one attached hydrogen (secondary N) is 4. The standard InChI is InChI=1S/C25H32N6OS/c1-2-9-23(26-10-11-31-12-14-32-15-13-31)28-25-22(8-1)24(29-30-25)19-5-3-6-20(17-19)27-18-21-7-4-16-33-21/h3-9,16-17,24,26-27,29H,1-2,10-15,18H2,(H,28,30). The van der Waals surface area contributed by atoms with Gasteiger partial charge in [-0.25, -0.2) is 10.4 Å². The Morgan fingerprint density at radius 1 is 1.09 bits per heavy atom. The minimum Gasteiger partial charge on any atom is -0.380 e. The third kappa shape index (κ3) is 5.83. The molecular weight excluding hydrogens is 432 g/mol. The summed E-state index contributed by atoms with van der Waals surface area (Å²) in [5, 5.41) is 9.19. The highest BCUT2D eigenvalue weighted by Gasteiger charge is 2.28. The molecule has 0 amide bonds. The van der Waals surface area contributed by atoms with Gasteiger partial charge >= 0.3 is 0 Å². The van der Waals surface area contributed by atoms with E-state index in [0.717, 1.165) is 76.1 Å². The Morgan fingerprint density at radius 3 is 2.88 bits per heavy atom. The van der Waals surface area contributed by atoms with E-state index >= 15 is 0 Å². The number of anilines is 1. The van der Waals surface area contributed by atoms with Gasteiger partial charge in [0.25, 0.3) is 0 Å². The molecule has 1 unspecified atom stereocenters. The molecule has 2 saturated heterocycles. The lowest BCUT2D eigenvalue weighted by atomic mass is 9.97. The van der Waals surface area contributed by atoms with Gasteiger partial charge in [-0.1, -0.05) is 24.3 Å². The van der Waals surface area contributed by atoms with Crippen LogP contribution in [0, 0.1) is 0 Å². The predicted octanol–water partition coefficient (Wildman–Crippen LogP) is 3.39. The second kappa shape index (κ2) is 11.0. The highest BCUT2D eigenvalue weighted by molar-refractivity contribution is 7.09. The first-order chi connectivity index (χ1) is 16.3. The maximum atomic E-state index is 5.44. The van der Waals surface area contributed by atoms with E-state index in [9.17, 15) is 0 Å². The zero-order chi connectivity index (χ0) is 22.3. The molecule has 1 atom stereocenters. The summed E-state index contributed by atoms with van der Waals surface area (Å²) in [6, 6.07) is 13.0. The van der Waals surface area contributed by atoms with Gasteiger partial charge in [0.1, 0.15) is 11.7 Å². The first kappa shape index (κ1) is 22.2. The lowest BCUT2D eigenvalue weighted by Crippen LogP contribution is -2.40. The van der Waals surface area contributed by atoms with Crippen molar-refractivity contribution in [1.29, 1.82) is 0 Å². The maximum absolute atomic E-state index is 5.44. The van der Waals surface area contributed by atoms with Gasteiger partial charge in [0.05, 0.1) is 19.3 Å². The monoisotopic (exact) mass is 464 g/mol. The molecule has 1 aromatic carbocycles. The summed E-state index contributed by atoms with van der Waals surface area (Å²) in [6.45, 7) is 6.43. The van der Waals surface area contributed by atoms with E-state index in [-0.39, 0.29) is 6.04 Å². The molecule has 4 N–H and O–H groups in total. The number of nitrogens with zero attached hydrogens (tertiary/aromatic N) is 2. The van der Waals surface area contributed by atoms with Crippen molar-refractivity contribution in [3.8, 4) is 0 Å². The van der Waals surface area contributed by atoms with E-state index in [1.807, 2.05) is 0 Å². The number of allylic oxidation sites excluding steroid dienone is 2. The van der Waals surface area contributed by atoms with Crippen LogP contribution in [0.15, 0.2) is 70.3 Å². The van der Waals surface area contributed by atoms with Gasteiger partial charge in [-0.15, -0.1) is 11.3 Å². The number of ether oxygens (including phenoxy) is 1. The predicted molar refractivity (Wildman–Crippen MR) is 135 cm³/mol. The lowest BCUT2D eigenvalue weighted by Gasteiger charge is -2.26. The molecule has 3 aliphatic heterocycles. The number of rotatable bonds is 8. The molecule has 8 heteroatoms. The fourth-order valence-corrected chi connectivity index (χ4v) is 4.98. The van der Waals surface area contributed by atoms with Crippen LogP contribution in [0.5, 0.6) is 0 Å². The van der Waals surface area contributed by atoms with Crippen molar-refractivity contribution < 1.29 is 4.74 Å². The largest absolute Gasteiger partial charge is 0.380 e. The SMILES string of the molecule is C1=C(NCCN2CCOCC2)N=C2NNC(c3cccc(NCc4cccs4)c3)C2=CCC1. The number of hydrogen-bond donors (Lipinski definition) is 4. The number of amidine groups is 1.